The summed E-state index contributed by atoms with van der Waals surface area (Å²) in [4.78, 5) is 5.36. The molecule has 1 saturated carbocycles. The maximum absolute atomic E-state index is 2.70. The normalized spacial score (nSPS) is 17.6. The summed E-state index contributed by atoms with van der Waals surface area (Å²) in [6.45, 7) is 21.1. The Balaban J connectivity index is 1.32. The zero-order chi connectivity index (χ0) is 39.6. The molecule has 2 nitrogen and oxygen atoms in total. The van der Waals surface area contributed by atoms with Gasteiger partial charge >= 0.3 is 0 Å². The first-order valence-electron chi connectivity index (χ1n) is 21.9. The quantitative estimate of drug-likeness (QED) is 0.170. The van der Waals surface area contributed by atoms with Crippen LogP contribution in [0.2, 0.25) is 0 Å². The summed E-state index contributed by atoms with van der Waals surface area (Å²) >= 11 is 0. The van der Waals surface area contributed by atoms with Crippen LogP contribution in [0.15, 0.2) is 109 Å². The van der Waals surface area contributed by atoms with Crippen LogP contribution in [-0.2, 0) is 22.7 Å². The number of fused-ring (bicyclic) bond motifs is 5. The molecule has 3 aliphatic carbocycles. The highest BCUT2D eigenvalue weighted by atomic mass is 15.2. The van der Waals surface area contributed by atoms with Gasteiger partial charge in [-0.1, -0.05) is 142 Å². The summed E-state index contributed by atoms with van der Waals surface area (Å²) in [6.07, 6.45) is 11.3. The molecule has 0 N–H and O–H groups in total. The average molecular weight is 747 g/mol. The molecular weight excluding hydrogens is 687 g/mol. The van der Waals surface area contributed by atoms with Crippen molar-refractivity contribution in [3.05, 3.63) is 148 Å². The van der Waals surface area contributed by atoms with E-state index < -0.39 is 0 Å². The second-order valence-corrected chi connectivity index (χ2v) is 20.8. The van der Waals surface area contributed by atoms with Gasteiger partial charge in [0.25, 0.3) is 6.71 Å². The monoisotopic (exact) mass is 746 g/mol. The lowest BCUT2D eigenvalue weighted by molar-refractivity contribution is 0.444. The largest absolute Gasteiger partial charge is 0.311 e. The Kier molecular flexibility index (Phi) is 8.26. The molecule has 1 fully saturated rings. The lowest BCUT2D eigenvalue weighted by Gasteiger charge is -2.45. The third-order valence-electron chi connectivity index (χ3n) is 13.9. The van der Waals surface area contributed by atoms with E-state index in [4.69, 9.17) is 0 Å². The fourth-order valence-corrected chi connectivity index (χ4v) is 10.8. The number of nitrogens with zero attached hydrogens (tertiary/aromatic N) is 2. The Morgan fingerprint density at radius 3 is 1.77 bits per heavy atom. The van der Waals surface area contributed by atoms with E-state index >= 15 is 0 Å². The molecule has 5 aliphatic rings. The van der Waals surface area contributed by atoms with Gasteiger partial charge in [0, 0.05) is 39.7 Å². The number of hydrogen-bond acceptors (Lipinski definition) is 2. The van der Waals surface area contributed by atoms with E-state index in [9.17, 15) is 0 Å². The van der Waals surface area contributed by atoms with E-state index in [-0.39, 0.29) is 23.0 Å². The smallest absolute Gasteiger partial charge is 0.252 e. The number of allylic oxidation sites excluding steroid dienone is 3. The van der Waals surface area contributed by atoms with Crippen molar-refractivity contribution in [2.75, 3.05) is 9.80 Å². The standard InChI is InChI=1S/C54H59BN2/c1-52(2,3)37-21-26-40(27-22-37)56-45-33-39(54(7,8)9)25-30-44(45)55-49-42-19-13-17-35-18-14-20-43(48(35)42)51(49)57(41-28-23-38(24-29-41)53(4,5)6)47-32-36(31-46(56)50(47)55)34-15-11-10-12-16-34/h14,18-34H,10-13,15-17H2,1-9H3. The molecule has 0 spiro atoms. The fraction of sp³-hybridized carbons (Fsp3) is 0.370. The maximum atomic E-state index is 2.70. The molecule has 2 heterocycles. The molecule has 2 aliphatic heterocycles. The third-order valence-corrected chi connectivity index (χ3v) is 13.9. The molecule has 3 heteroatoms. The Hall–Kier alpha value is -4.76. The minimum Gasteiger partial charge on any atom is -0.311 e. The molecule has 0 bridgehead atoms. The highest BCUT2D eigenvalue weighted by Crippen LogP contribution is 2.56. The highest BCUT2D eigenvalue weighted by Gasteiger charge is 2.50. The predicted octanol–water partition coefficient (Wildman–Crippen LogP) is 13.5. The van der Waals surface area contributed by atoms with E-state index in [1.807, 2.05) is 0 Å². The van der Waals surface area contributed by atoms with Crippen LogP contribution in [0.1, 0.15) is 146 Å². The fourth-order valence-electron chi connectivity index (χ4n) is 10.8. The van der Waals surface area contributed by atoms with E-state index in [0.717, 1.165) is 12.8 Å². The van der Waals surface area contributed by atoms with Crippen molar-refractivity contribution in [3.63, 3.8) is 0 Å². The van der Waals surface area contributed by atoms with E-state index in [0.29, 0.717) is 5.92 Å². The van der Waals surface area contributed by atoms with Gasteiger partial charge in [0.2, 0.25) is 0 Å². The first-order valence-corrected chi connectivity index (χ1v) is 21.9. The van der Waals surface area contributed by atoms with Gasteiger partial charge < -0.3 is 9.80 Å². The average Bonchev–Trinajstić information content (AvgIpc) is 3.52. The zero-order valence-corrected chi connectivity index (χ0v) is 35.8. The Bertz CT molecular complexity index is 2490. The molecule has 0 unspecified atom stereocenters. The summed E-state index contributed by atoms with van der Waals surface area (Å²) in [6, 6.07) is 39.0. The van der Waals surface area contributed by atoms with Gasteiger partial charge in [-0.15, -0.1) is 0 Å². The molecule has 0 saturated heterocycles. The highest BCUT2D eigenvalue weighted by molar-refractivity contribution is 6.98. The minimum atomic E-state index is 0.0174. The van der Waals surface area contributed by atoms with Gasteiger partial charge in [-0.2, -0.15) is 0 Å². The first-order chi connectivity index (χ1) is 27.2. The van der Waals surface area contributed by atoms with Gasteiger partial charge in [0.1, 0.15) is 0 Å². The van der Waals surface area contributed by atoms with E-state index in [1.165, 1.54) is 127 Å². The molecule has 288 valence electrons. The SMILES string of the molecule is CC(C)(C)c1ccc(N2C3=C(B4c5ccc(C(C)(C)C)cc5N(c5ccc(C(C)(C)C)cc5)c5cc(C6CCCCC6)cc2c54)C2=CCCc4cccc3c42)cc1. The van der Waals surface area contributed by atoms with Crippen molar-refractivity contribution in [2.45, 2.75) is 129 Å². The molecule has 0 aromatic heterocycles. The second kappa shape index (κ2) is 12.9. The van der Waals surface area contributed by atoms with Gasteiger partial charge in [-0.3, -0.25) is 0 Å². The van der Waals surface area contributed by atoms with Gasteiger partial charge in [-0.05, 0) is 146 Å². The third kappa shape index (κ3) is 5.81. The summed E-state index contributed by atoms with van der Waals surface area (Å²) in [7, 11) is 0. The Morgan fingerprint density at radius 1 is 0.579 bits per heavy atom. The van der Waals surface area contributed by atoms with Crippen molar-refractivity contribution < 1.29 is 0 Å². The van der Waals surface area contributed by atoms with Crippen molar-refractivity contribution in [2.24, 2.45) is 0 Å². The van der Waals surface area contributed by atoms with Crippen LogP contribution in [-0.4, -0.2) is 6.71 Å². The Morgan fingerprint density at radius 2 is 1.16 bits per heavy atom. The molecule has 57 heavy (non-hydrogen) atoms. The van der Waals surface area contributed by atoms with Crippen molar-refractivity contribution in [1.82, 2.24) is 0 Å². The van der Waals surface area contributed by atoms with Crippen LogP contribution in [0.3, 0.4) is 0 Å². The van der Waals surface area contributed by atoms with Crippen LogP contribution < -0.4 is 20.7 Å². The number of aryl methyl sites for hydroxylation is 1. The van der Waals surface area contributed by atoms with E-state index in [2.05, 4.69) is 175 Å². The van der Waals surface area contributed by atoms with Crippen LogP contribution >= 0.6 is 0 Å². The molecule has 0 atom stereocenters. The zero-order valence-electron chi connectivity index (χ0n) is 35.8. The number of rotatable bonds is 3. The second-order valence-electron chi connectivity index (χ2n) is 20.8. The molecule has 0 amide bonds. The van der Waals surface area contributed by atoms with Gasteiger partial charge in [0.05, 0.1) is 0 Å². The lowest BCUT2D eigenvalue weighted by Crippen LogP contribution is -2.55. The summed E-state index contributed by atoms with van der Waals surface area (Å²) in [5, 5.41) is 0. The summed E-state index contributed by atoms with van der Waals surface area (Å²) < 4.78 is 0. The molecule has 5 aromatic rings. The number of benzene rings is 5. The van der Waals surface area contributed by atoms with Crippen LogP contribution in [0.5, 0.6) is 0 Å². The van der Waals surface area contributed by atoms with Crippen molar-refractivity contribution in [3.8, 4) is 0 Å². The first kappa shape index (κ1) is 36.6. The van der Waals surface area contributed by atoms with Crippen LogP contribution in [0.25, 0.3) is 11.3 Å². The van der Waals surface area contributed by atoms with Gasteiger partial charge in [0.15, 0.2) is 0 Å². The number of anilines is 5. The van der Waals surface area contributed by atoms with Crippen LogP contribution in [0, 0.1) is 0 Å². The van der Waals surface area contributed by atoms with Crippen LogP contribution in [0.4, 0.5) is 28.4 Å². The van der Waals surface area contributed by atoms with E-state index in [1.54, 1.807) is 0 Å². The maximum Gasteiger partial charge on any atom is 0.252 e. The van der Waals surface area contributed by atoms with Gasteiger partial charge in [-0.25, -0.2) is 0 Å². The predicted molar refractivity (Wildman–Crippen MR) is 246 cm³/mol. The Labute approximate surface area is 342 Å². The molecular formula is C54H59BN2. The minimum absolute atomic E-state index is 0.0174. The molecule has 10 rings (SSSR count). The topological polar surface area (TPSA) is 6.48 Å². The summed E-state index contributed by atoms with van der Waals surface area (Å²) in [5.41, 5.74) is 23.9. The van der Waals surface area contributed by atoms with Crippen molar-refractivity contribution >= 4 is 57.3 Å². The number of hydrogen-bond donors (Lipinski definition) is 0. The molecule has 5 aromatic carbocycles. The lowest BCUT2D eigenvalue weighted by atomic mass is 9.32. The summed E-state index contributed by atoms with van der Waals surface area (Å²) in [5.74, 6) is 0.562. The molecule has 0 radical (unpaired) electrons. The van der Waals surface area contributed by atoms with Crippen molar-refractivity contribution in [1.29, 1.82) is 0 Å².